The average Bonchev–Trinajstić information content (AvgIpc) is 2.97. The number of carbonyl (C=O) groups excluding carboxylic acids is 1. The minimum Gasteiger partial charge on any atom is -0.338 e. The number of rotatable bonds is 5. The van der Waals surface area contributed by atoms with Crippen LogP contribution in [0.1, 0.15) is 19.8 Å². The van der Waals surface area contributed by atoms with Gasteiger partial charge in [0.25, 0.3) is 0 Å². The number of anilines is 1. The Morgan fingerprint density at radius 3 is 3.09 bits per heavy atom. The van der Waals surface area contributed by atoms with Crippen molar-refractivity contribution in [1.82, 2.24) is 21.2 Å². The number of hydrazine groups is 1. The van der Waals surface area contributed by atoms with Crippen LogP contribution < -0.4 is 21.5 Å². The fraction of sp³-hybridized carbons (Fsp3) is 0.412. The number of pyridine rings is 1. The van der Waals surface area contributed by atoms with Crippen molar-refractivity contribution in [3.05, 3.63) is 36.5 Å². The summed E-state index contributed by atoms with van der Waals surface area (Å²) >= 11 is 0. The van der Waals surface area contributed by atoms with Crippen molar-refractivity contribution in [2.75, 3.05) is 18.4 Å². The molecule has 0 spiro atoms. The predicted octanol–water partition coefficient (Wildman–Crippen LogP) is 2.25. The number of amides is 2. The number of nitrogens with one attached hydrogen (secondary N) is 4. The minimum absolute atomic E-state index is 0.169. The Kier molecular flexibility index (Phi) is 5.05. The van der Waals surface area contributed by atoms with Gasteiger partial charge in [0.1, 0.15) is 0 Å². The van der Waals surface area contributed by atoms with E-state index >= 15 is 0 Å². The molecule has 2 heterocycles. The van der Waals surface area contributed by atoms with Crippen molar-refractivity contribution in [1.29, 1.82) is 0 Å². The lowest BCUT2D eigenvalue weighted by molar-refractivity contribution is 0.251. The van der Waals surface area contributed by atoms with Gasteiger partial charge in [-0.3, -0.25) is 15.8 Å². The maximum Gasteiger partial charge on any atom is 0.319 e. The van der Waals surface area contributed by atoms with Crippen LogP contribution in [0.2, 0.25) is 0 Å². The van der Waals surface area contributed by atoms with Gasteiger partial charge in [-0.1, -0.05) is 6.07 Å². The first kappa shape index (κ1) is 15.7. The molecular weight excluding hydrogens is 290 g/mol. The van der Waals surface area contributed by atoms with Crippen LogP contribution in [0.15, 0.2) is 36.5 Å². The summed E-state index contributed by atoms with van der Waals surface area (Å²) in [5.74, 6) is 0.629. The molecule has 2 unspecified atom stereocenters. The molecule has 1 fully saturated rings. The third kappa shape index (κ3) is 3.97. The maximum absolute atomic E-state index is 12.0. The summed E-state index contributed by atoms with van der Waals surface area (Å²) in [7, 11) is 0. The minimum atomic E-state index is -0.169. The van der Waals surface area contributed by atoms with E-state index < -0.39 is 0 Å². The van der Waals surface area contributed by atoms with Gasteiger partial charge >= 0.3 is 6.03 Å². The lowest BCUT2D eigenvalue weighted by atomic mass is 9.98. The summed E-state index contributed by atoms with van der Waals surface area (Å²) in [5, 5.41) is 6.78. The third-order valence-electron chi connectivity index (χ3n) is 4.33. The summed E-state index contributed by atoms with van der Waals surface area (Å²) in [6.07, 6.45) is 3.82. The van der Waals surface area contributed by atoms with E-state index in [9.17, 15) is 4.79 Å². The molecule has 122 valence electrons. The zero-order chi connectivity index (χ0) is 16.1. The van der Waals surface area contributed by atoms with E-state index in [0.717, 1.165) is 36.0 Å². The maximum atomic E-state index is 12.0. The monoisotopic (exact) mass is 313 g/mol. The van der Waals surface area contributed by atoms with Crippen molar-refractivity contribution >= 4 is 22.6 Å². The Morgan fingerprint density at radius 1 is 1.35 bits per heavy atom. The predicted molar refractivity (Wildman–Crippen MR) is 92.1 cm³/mol. The number of benzene rings is 1. The summed E-state index contributed by atoms with van der Waals surface area (Å²) in [5.41, 5.74) is 8.04. The number of urea groups is 1. The van der Waals surface area contributed by atoms with Crippen LogP contribution in [0.4, 0.5) is 10.5 Å². The van der Waals surface area contributed by atoms with Gasteiger partial charge in [-0.2, -0.15) is 0 Å². The van der Waals surface area contributed by atoms with Gasteiger partial charge in [0.15, 0.2) is 0 Å². The van der Waals surface area contributed by atoms with Gasteiger partial charge in [-0.15, -0.1) is 0 Å². The molecule has 23 heavy (non-hydrogen) atoms. The number of carbonyl (C=O) groups is 1. The van der Waals surface area contributed by atoms with E-state index in [0.29, 0.717) is 18.5 Å². The van der Waals surface area contributed by atoms with Crippen molar-refractivity contribution in [2.45, 2.75) is 25.8 Å². The van der Waals surface area contributed by atoms with E-state index in [4.69, 9.17) is 0 Å². The van der Waals surface area contributed by atoms with E-state index in [2.05, 4.69) is 33.4 Å². The molecule has 0 aliphatic carbocycles. The van der Waals surface area contributed by atoms with Gasteiger partial charge in [0.05, 0.1) is 11.2 Å². The Bertz CT molecular complexity index is 670. The summed E-state index contributed by atoms with van der Waals surface area (Å²) in [4.78, 5) is 16.3. The standard InChI is InChI=1S/C17H23N5O/c1-12-13(11-20-22-12)5-3-10-19-17(23)21-16-8-2-7-15-14(16)6-4-9-18-15/h2,4,6-9,12-13,20,22H,3,5,10-11H2,1H3,(H2,19,21,23). The highest BCUT2D eigenvalue weighted by molar-refractivity contribution is 6.00. The molecule has 2 aromatic rings. The molecule has 2 amide bonds. The molecule has 2 atom stereocenters. The molecule has 0 saturated carbocycles. The van der Waals surface area contributed by atoms with Crippen LogP contribution >= 0.6 is 0 Å². The summed E-state index contributed by atoms with van der Waals surface area (Å²) in [6, 6.07) is 9.87. The van der Waals surface area contributed by atoms with Crippen LogP contribution in [0.5, 0.6) is 0 Å². The SMILES string of the molecule is CC1NNCC1CCCNC(=O)Nc1cccc2ncccc12. The normalized spacial score (nSPS) is 20.6. The third-order valence-corrected chi connectivity index (χ3v) is 4.33. The molecule has 1 aromatic heterocycles. The van der Waals surface area contributed by atoms with Crippen LogP contribution in [0.25, 0.3) is 10.9 Å². The largest absolute Gasteiger partial charge is 0.338 e. The van der Waals surface area contributed by atoms with Crippen molar-refractivity contribution in [3.8, 4) is 0 Å². The van der Waals surface area contributed by atoms with Crippen molar-refractivity contribution in [3.63, 3.8) is 0 Å². The lowest BCUT2D eigenvalue weighted by Crippen LogP contribution is -2.30. The number of aromatic nitrogens is 1. The van der Waals surface area contributed by atoms with Gasteiger partial charge < -0.3 is 10.6 Å². The molecule has 4 N–H and O–H groups in total. The number of hydrogen-bond acceptors (Lipinski definition) is 4. The lowest BCUT2D eigenvalue weighted by Gasteiger charge is -2.14. The van der Waals surface area contributed by atoms with Gasteiger partial charge in [-0.05, 0) is 49.9 Å². The van der Waals surface area contributed by atoms with Crippen LogP contribution in [0, 0.1) is 5.92 Å². The van der Waals surface area contributed by atoms with Gasteiger partial charge in [0.2, 0.25) is 0 Å². The zero-order valence-corrected chi connectivity index (χ0v) is 13.3. The Balaban J connectivity index is 1.47. The molecule has 1 aliphatic rings. The molecule has 1 aliphatic heterocycles. The molecule has 6 heteroatoms. The molecule has 1 aromatic carbocycles. The molecule has 3 rings (SSSR count). The number of nitrogens with zero attached hydrogens (tertiary/aromatic N) is 1. The van der Waals surface area contributed by atoms with E-state index in [1.54, 1.807) is 6.20 Å². The van der Waals surface area contributed by atoms with Crippen LogP contribution in [-0.2, 0) is 0 Å². The molecule has 0 radical (unpaired) electrons. The topological polar surface area (TPSA) is 78.1 Å². The highest BCUT2D eigenvalue weighted by atomic mass is 16.2. The van der Waals surface area contributed by atoms with E-state index in [-0.39, 0.29) is 6.03 Å². The van der Waals surface area contributed by atoms with Crippen LogP contribution in [-0.4, -0.2) is 30.1 Å². The Labute approximate surface area is 136 Å². The smallest absolute Gasteiger partial charge is 0.319 e. The summed E-state index contributed by atoms with van der Waals surface area (Å²) in [6.45, 7) is 3.85. The van der Waals surface area contributed by atoms with E-state index in [1.807, 2.05) is 30.3 Å². The number of fused-ring (bicyclic) bond motifs is 1. The van der Waals surface area contributed by atoms with Crippen LogP contribution in [0.3, 0.4) is 0 Å². The van der Waals surface area contributed by atoms with Gasteiger partial charge in [-0.25, -0.2) is 4.79 Å². The zero-order valence-electron chi connectivity index (χ0n) is 13.3. The Morgan fingerprint density at radius 2 is 2.26 bits per heavy atom. The fourth-order valence-electron chi connectivity index (χ4n) is 2.94. The molecular formula is C17H23N5O. The fourth-order valence-corrected chi connectivity index (χ4v) is 2.94. The first-order valence-electron chi connectivity index (χ1n) is 8.11. The van der Waals surface area contributed by atoms with Crippen molar-refractivity contribution in [2.24, 2.45) is 5.92 Å². The highest BCUT2D eigenvalue weighted by Crippen LogP contribution is 2.21. The van der Waals surface area contributed by atoms with Crippen molar-refractivity contribution < 1.29 is 4.79 Å². The molecule has 6 nitrogen and oxygen atoms in total. The molecule has 1 saturated heterocycles. The highest BCUT2D eigenvalue weighted by Gasteiger charge is 2.21. The molecule has 0 bridgehead atoms. The Hall–Kier alpha value is -2.18. The second kappa shape index (κ2) is 7.39. The second-order valence-electron chi connectivity index (χ2n) is 5.97. The second-order valence-corrected chi connectivity index (χ2v) is 5.97. The van der Waals surface area contributed by atoms with E-state index in [1.165, 1.54) is 0 Å². The number of hydrogen-bond donors (Lipinski definition) is 4. The van der Waals surface area contributed by atoms with Gasteiger partial charge in [0, 0.05) is 30.7 Å². The quantitative estimate of drug-likeness (QED) is 0.639. The first-order chi connectivity index (χ1) is 11.2. The summed E-state index contributed by atoms with van der Waals surface area (Å²) < 4.78 is 0. The first-order valence-corrected chi connectivity index (χ1v) is 8.11. The average molecular weight is 313 g/mol.